The van der Waals surface area contributed by atoms with Crippen LogP contribution in [-0.4, -0.2) is 21.0 Å². The quantitative estimate of drug-likeness (QED) is 0.775. The van der Waals surface area contributed by atoms with Crippen molar-refractivity contribution >= 4 is 5.97 Å². The van der Waals surface area contributed by atoms with Gasteiger partial charge in [-0.3, -0.25) is 0 Å². The summed E-state index contributed by atoms with van der Waals surface area (Å²) in [4.78, 5) is 18.2. The third-order valence-electron chi connectivity index (χ3n) is 1.62. The van der Waals surface area contributed by atoms with Crippen LogP contribution in [0.3, 0.4) is 0 Å². The minimum absolute atomic E-state index is 0.106. The zero-order valence-corrected chi connectivity index (χ0v) is 7.22. The van der Waals surface area contributed by atoms with Gasteiger partial charge in [-0.1, -0.05) is 0 Å². The molecule has 6 nitrogen and oxygen atoms in total. The summed E-state index contributed by atoms with van der Waals surface area (Å²) >= 11 is 0. The number of rotatable bonds is 2. The van der Waals surface area contributed by atoms with Crippen molar-refractivity contribution in [1.82, 2.24) is 9.97 Å². The maximum absolute atomic E-state index is 10.7. The Kier molecular flexibility index (Phi) is 1.81. The van der Waals surface area contributed by atoms with Crippen LogP contribution in [0.25, 0.3) is 11.5 Å². The number of oxazole rings is 2. The molecule has 0 aromatic carbocycles. The highest BCUT2D eigenvalue weighted by Gasteiger charge is 2.19. The Morgan fingerprint density at radius 1 is 1.50 bits per heavy atom. The van der Waals surface area contributed by atoms with Crippen LogP contribution in [0.5, 0.6) is 0 Å². The SMILES string of the molecule is Cc1nc(-c2ocnc2C(=O)O)co1. The van der Waals surface area contributed by atoms with E-state index in [2.05, 4.69) is 9.97 Å². The van der Waals surface area contributed by atoms with Crippen molar-refractivity contribution in [3.8, 4) is 11.5 Å². The lowest BCUT2D eigenvalue weighted by Crippen LogP contribution is -1.98. The molecule has 6 heteroatoms. The average molecular weight is 194 g/mol. The average Bonchev–Trinajstić information content (AvgIpc) is 2.70. The van der Waals surface area contributed by atoms with Crippen LogP contribution in [0.15, 0.2) is 21.5 Å². The zero-order valence-electron chi connectivity index (χ0n) is 7.22. The second kappa shape index (κ2) is 2.99. The van der Waals surface area contributed by atoms with Crippen molar-refractivity contribution in [3.05, 3.63) is 24.2 Å². The molecule has 14 heavy (non-hydrogen) atoms. The van der Waals surface area contributed by atoms with Crippen molar-refractivity contribution in [2.75, 3.05) is 0 Å². The number of carboxylic acid groups (broad SMARTS) is 1. The summed E-state index contributed by atoms with van der Waals surface area (Å²) in [6, 6.07) is 0. The molecule has 2 heterocycles. The summed E-state index contributed by atoms with van der Waals surface area (Å²) in [5.74, 6) is -0.614. The maximum atomic E-state index is 10.7. The first kappa shape index (κ1) is 8.49. The highest BCUT2D eigenvalue weighted by atomic mass is 16.4. The van der Waals surface area contributed by atoms with E-state index in [0.717, 1.165) is 6.39 Å². The molecule has 72 valence electrons. The molecule has 0 saturated carbocycles. The van der Waals surface area contributed by atoms with Crippen molar-refractivity contribution in [3.63, 3.8) is 0 Å². The molecule has 0 aliphatic rings. The van der Waals surface area contributed by atoms with Gasteiger partial charge in [-0.05, 0) is 0 Å². The van der Waals surface area contributed by atoms with E-state index in [1.54, 1.807) is 6.92 Å². The van der Waals surface area contributed by atoms with E-state index in [1.165, 1.54) is 6.26 Å². The maximum Gasteiger partial charge on any atom is 0.358 e. The molecule has 0 radical (unpaired) electrons. The van der Waals surface area contributed by atoms with Crippen LogP contribution in [0.1, 0.15) is 16.4 Å². The highest BCUT2D eigenvalue weighted by molar-refractivity contribution is 5.91. The standard InChI is InChI=1S/C8H6N2O4/c1-4-10-5(2-13-4)7-6(8(11)12)9-3-14-7/h2-3H,1H3,(H,11,12). The number of aromatic nitrogens is 2. The van der Waals surface area contributed by atoms with E-state index < -0.39 is 5.97 Å². The first-order chi connectivity index (χ1) is 6.68. The summed E-state index contributed by atoms with van der Waals surface area (Å²) in [5.41, 5.74) is 0.163. The number of aromatic carboxylic acids is 1. The molecule has 0 aliphatic heterocycles. The van der Waals surface area contributed by atoms with Crippen LogP contribution >= 0.6 is 0 Å². The second-order valence-corrected chi connectivity index (χ2v) is 2.59. The zero-order chi connectivity index (χ0) is 10.1. The number of carbonyl (C=O) groups is 1. The van der Waals surface area contributed by atoms with Gasteiger partial charge >= 0.3 is 5.97 Å². The van der Waals surface area contributed by atoms with Crippen molar-refractivity contribution < 1.29 is 18.7 Å². The molecule has 2 rings (SSSR count). The summed E-state index contributed by atoms with van der Waals surface area (Å²) < 4.78 is 9.84. The number of hydrogen-bond acceptors (Lipinski definition) is 5. The van der Waals surface area contributed by atoms with Crippen LogP contribution in [0, 0.1) is 6.92 Å². The van der Waals surface area contributed by atoms with Gasteiger partial charge < -0.3 is 13.9 Å². The first-order valence-corrected chi connectivity index (χ1v) is 3.78. The third-order valence-corrected chi connectivity index (χ3v) is 1.62. The lowest BCUT2D eigenvalue weighted by molar-refractivity contribution is 0.0691. The molecule has 0 saturated heterocycles. The van der Waals surface area contributed by atoms with E-state index in [1.807, 2.05) is 0 Å². The summed E-state index contributed by atoms with van der Waals surface area (Å²) in [6.07, 6.45) is 2.38. The van der Waals surface area contributed by atoms with Crippen LogP contribution in [-0.2, 0) is 0 Å². The Labute approximate surface area is 78.2 Å². The minimum Gasteiger partial charge on any atom is -0.476 e. The van der Waals surface area contributed by atoms with Crippen LogP contribution in [0.4, 0.5) is 0 Å². The number of carboxylic acids is 1. The fourth-order valence-electron chi connectivity index (χ4n) is 1.05. The summed E-state index contributed by atoms with van der Waals surface area (Å²) in [5, 5.41) is 8.74. The molecule has 0 atom stereocenters. The van der Waals surface area contributed by atoms with Gasteiger partial charge in [0.05, 0.1) is 0 Å². The second-order valence-electron chi connectivity index (χ2n) is 2.59. The third kappa shape index (κ3) is 1.26. The van der Waals surface area contributed by atoms with Gasteiger partial charge in [0, 0.05) is 6.92 Å². The number of aryl methyl sites for hydroxylation is 1. The highest BCUT2D eigenvalue weighted by Crippen LogP contribution is 2.21. The van der Waals surface area contributed by atoms with E-state index in [4.69, 9.17) is 13.9 Å². The van der Waals surface area contributed by atoms with E-state index in [-0.39, 0.29) is 11.5 Å². The smallest absolute Gasteiger partial charge is 0.358 e. The Morgan fingerprint density at radius 2 is 2.29 bits per heavy atom. The largest absolute Gasteiger partial charge is 0.476 e. The molecule has 2 aromatic heterocycles. The molecule has 0 bridgehead atoms. The van der Waals surface area contributed by atoms with Gasteiger partial charge in [0.15, 0.2) is 23.7 Å². The lowest BCUT2D eigenvalue weighted by Gasteiger charge is -1.89. The van der Waals surface area contributed by atoms with Gasteiger partial charge in [-0.2, -0.15) is 0 Å². The van der Waals surface area contributed by atoms with E-state index in [9.17, 15) is 4.79 Å². The Hall–Kier alpha value is -2.11. The molecule has 0 fully saturated rings. The van der Waals surface area contributed by atoms with Crippen molar-refractivity contribution in [2.24, 2.45) is 0 Å². The molecule has 0 amide bonds. The van der Waals surface area contributed by atoms with Gasteiger partial charge in [0.25, 0.3) is 0 Å². The molecular formula is C8H6N2O4. The van der Waals surface area contributed by atoms with E-state index in [0.29, 0.717) is 11.6 Å². The first-order valence-electron chi connectivity index (χ1n) is 3.78. The molecule has 2 aromatic rings. The Morgan fingerprint density at radius 3 is 2.86 bits per heavy atom. The normalized spacial score (nSPS) is 10.4. The molecule has 0 aliphatic carbocycles. The van der Waals surface area contributed by atoms with Gasteiger partial charge in [0.1, 0.15) is 12.0 Å². The topological polar surface area (TPSA) is 89.4 Å². The Bertz CT molecular complexity index is 471. The van der Waals surface area contributed by atoms with Gasteiger partial charge in [0.2, 0.25) is 0 Å². The van der Waals surface area contributed by atoms with Crippen molar-refractivity contribution in [1.29, 1.82) is 0 Å². The summed E-state index contributed by atoms with van der Waals surface area (Å²) in [7, 11) is 0. The molecule has 0 spiro atoms. The summed E-state index contributed by atoms with van der Waals surface area (Å²) in [6.45, 7) is 1.65. The fraction of sp³-hybridized carbons (Fsp3) is 0.125. The predicted octanol–water partition coefficient (Wildman–Crippen LogP) is 1.34. The van der Waals surface area contributed by atoms with Crippen LogP contribution < -0.4 is 0 Å². The molecule has 0 unspecified atom stereocenters. The predicted molar refractivity (Wildman–Crippen MR) is 43.7 cm³/mol. The fourth-order valence-corrected chi connectivity index (χ4v) is 1.05. The minimum atomic E-state index is -1.16. The van der Waals surface area contributed by atoms with Crippen LogP contribution in [0.2, 0.25) is 0 Å². The molecule has 1 N–H and O–H groups in total. The lowest BCUT2D eigenvalue weighted by atomic mass is 10.3. The van der Waals surface area contributed by atoms with E-state index >= 15 is 0 Å². The Balaban J connectivity index is 2.51. The number of nitrogens with zero attached hydrogens (tertiary/aromatic N) is 2. The monoisotopic (exact) mass is 194 g/mol. The van der Waals surface area contributed by atoms with Gasteiger partial charge in [-0.15, -0.1) is 0 Å². The van der Waals surface area contributed by atoms with Gasteiger partial charge in [-0.25, -0.2) is 14.8 Å². The number of hydrogen-bond donors (Lipinski definition) is 1. The van der Waals surface area contributed by atoms with Crippen molar-refractivity contribution in [2.45, 2.75) is 6.92 Å². The molecular weight excluding hydrogens is 188 g/mol.